The normalized spacial score (nSPS) is 15.4. The van der Waals surface area contributed by atoms with E-state index in [1.807, 2.05) is 0 Å². The Bertz CT molecular complexity index is 470. The van der Waals surface area contributed by atoms with Gasteiger partial charge in [-0.15, -0.1) is 11.6 Å². The number of hydrogen-bond acceptors (Lipinski definition) is 3. The lowest BCUT2D eigenvalue weighted by Gasteiger charge is -2.15. The molecule has 0 bridgehead atoms. The molecular weight excluding hydrogens is 250 g/mol. The van der Waals surface area contributed by atoms with Crippen molar-refractivity contribution in [2.45, 2.75) is 17.6 Å². The molecule has 16 heavy (non-hydrogen) atoms. The molecule has 1 aromatic carbocycles. The van der Waals surface area contributed by atoms with E-state index >= 15 is 0 Å². The Balaban J connectivity index is 3.13. The first-order valence-corrected chi connectivity index (χ1v) is 6.63. The summed E-state index contributed by atoms with van der Waals surface area (Å²) >= 11 is 5.69. The number of rotatable bonds is 4. The van der Waals surface area contributed by atoms with Crippen LogP contribution in [0.2, 0.25) is 0 Å². The van der Waals surface area contributed by atoms with Crippen molar-refractivity contribution in [2.75, 3.05) is 0 Å². The third kappa shape index (κ3) is 3.04. The van der Waals surface area contributed by atoms with Crippen molar-refractivity contribution in [1.82, 2.24) is 0 Å². The standard InChI is InChI=1S/C10H12ClNO3S/c1-7(11)10(16(12,14)15)9(13)8-5-3-2-4-6-8/h2-7,10H,1H3,(H2,12,14,15). The molecule has 2 atom stereocenters. The number of ketones is 1. The monoisotopic (exact) mass is 261 g/mol. The van der Waals surface area contributed by atoms with E-state index in [4.69, 9.17) is 16.7 Å². The number of carbonyl (C=O) groups is 1. The molecule has 0 fully saturated rings. The Kier molecular flexibility index (Phi) is 4.07. The fourth-order valence-electron chi connectivity index (χ4n) is 1.39. The molecule has 0 aliphatic heterocycles. The third-order valence-corrected chi connectivity index (χ3v) is 3.82. The molecule has 0 heterocycles. The first kappa shape index (κ1) is 13.2. The Hall–Kier alpha value is -0.910. The van der Waals surface area contributed by atoms with Crippen molar-refractivity contribution < 1.29 is 13.2 Å². The van der Waals surface area contributed by atoms with E-state index in [2.05, 4.69) is 0 Å². The fourth-order valence-corrected chi connectivity index (χ4v) is 2.89. The number of halogens is 1. The molecule has 4 nitrogen and oxygen atoms in total. The average Bonchev–Trinajstić information content (AvgIpc) is 2.16. The Morgan fingerprint density at radius 1 is 1.31 bits per heavy atom. The van der Waals surface area contributed by atoms with Crippen LogP contribution in [0.15, 0.2) is 30.3 Å². The van der Waals surface area contributed by atoms with Gasteiger partial charge in [-0.3, -0.25) is 4.79 Å². The molecule has 1 aromatic rings. The molecule has 2 N–H and O–H groups in total. The SMILES string of the molecule is CC(Cl)C(C(=O)c1ccccc1)S(N)(=O)=O. The van der Waals surface area contributed by atoms with Gasteiger partial charge in [0.25, 0.3) is 0 Å². The van der Waals surface area contributed by atoms with Crippen LogP contribution in [0, 0.1) is 0 Å². The van der Waals surface area contributed by atoms with E-state index in [9.17, 15) is 13.2 Å². The van der Waals surface area contributed by atoms with E-state index in [1.54, 1.807) is 18.2 Å². The summed E-state index contributed by atoms with van der Waals surface area (Å²) < 4.78 is 22.5. The molecule has 6 heteroatoms. The van der Waals surface area contributed by atoms with Gasteiger partial charge in [0.1, 0.15) is 0 Å². The summed E-state index contributed by atoms with van der Waals surface area (Å²) in [7, 11) is -3.99. The lowest BCUT2D eigenvalue weighted by atomic mass is 10.1. The predicted molar refractivity (Wildman–Crippen MR) is 63.0 cm³/mol. The quantitative estimate of drug-likeness (QED) is 0.652. The highest BCUT2D eigenvalue weighted by Crippen LogP contribution is 2.15. The lowest BCUT2D eigenvalue weighted by molar-refractivity contribution is 0.0986. The van der Waals surface area contributed by atoms with E-state index in [-0.39, 0.29) is 5.56 Å². The summed E-state index contributed by atoms with van der Waals surface area (Å²) in [5.74, 6) is -0.578. The second-order valence-corrected chi connectivity index (χ2v) is 5.79. The number of sulfonamides is 1. The zero-order valence-electron chi connectivity index (χ0n) is 8.63. The molecule has 0 radical (unpaired) electrons. The van der Waals surface area contributed by atoms with Crippen LogP contribution in [0.3, 0.4) is 0 Å². The molecule has 0 aliphatic carbocycles. The summed E-state index contributed by atoms with van der Waals surface area (Å²) in [6.07, 6.45) is 0. The van der Waals surface area contributed by atoms with Crippen molar-refractivity contribution in [1.29, 1.82) is 0 Å². The van der Waals surface area contributed by atoms with Crippen molar-refractivity contribution in [3.8, 4) is 0 Å². The van der Waals surface area contributed by atoms with Gasteiger partial charge in [-0.1, -0.05) is 30.3 Å². The van der Waals surface area contributed by atoms with E-state index < -0.39 is 26.4 Å². The van der Waals surface area contributed by atoms with Gasteiger partial charge >= 0.3 is 0 Å². The van der Waals surface area contributed by atoms with Gasteiger partial charge in [0.05, 0.1) is 5.38 Å². The Labute approximate surface area is 99.5 Å². The smallest absolute Gasteiger partial charge is 0.220 e. The molecule has 0 saturated carbocycles. The molecule has 0 saturated heterocycles. The maximum Gasteiger partial charge on any atom is 0.220 e. The highest BCUT2D eigenvalue weighted by Gasteiger charge is 2.34. The van der Waals surface area contributed by atoms with Crippen LogP contribution in [0.4, 0.5) is 0 Å². The topological polar surface area (TPSA) is 77.2 Å². The third-order valence-electron chi connectivity index (χ3n) is 2.09. The molecular formula is C10H12ClNO3S. The van der Waals surface area contributed by atoms with Crippen LogP contribution in [-0.2, 0) is 10.0 Å². The van der Waals surface area contributed by atoms with Gasteiger partial charge in [-0.2, -0.15) is 0 Å². The Morgan fingerprint density at radius 2 is 1.81 bits per heavy atom. The van der Waals surface area contributed by atoms with E-state index in [1.165, 1.54) is 19.1 Å². The van der Waals surface area contributed by atoms with Crippen LogP contribution in [-0.4, -0.2) is 24.8 Å². The number of Topliss-reactive ketones (excluding diaryl/α,β-unsaturated/α-hetero) is 1. The van der Waals surface area contributed by atoms with Crippen LogP contribution in [0.5, 0.6) is 0 Å². The van der Waals surface area contributed by atoms with Gasteiger partial charge in [0, 0.05) is 5.56 Å². The Morgan fingerprint density at radius 3 is 2.19 bits per heavy atom. The van der Waals surface area contributed by atoms with Crippen molar-refractivity contribution in [3.05, 3.63) is 35.9 Å². The van der Waals surface area contributed by atoms with E-state index in [0.29, 0.717) is 0 Å². The maximum absolute atomic E-state index is 11.9. The number of benzene rings is 1. The minimum Gasteiger partial charge on any atom is -0.293 e. The van der Waals surface area contributed by atoms with Crippen LogP contribution >= 0.6 is 11.6 Å². The van der Waals surface area contributed by atoms with Crippen molar-refractivity contribution in [3.63, 3.8) is 0 Å². The van der Waals surface area contributed by atoms with Gasteiger partial charge in [-0.25, -0.2) is 13.6 Å². The van der Waals surface area contributed by atoms with Crippen LogP contribution in [0.25, 0.3) is 0 Å². The molecule has 1 rings (SSSR count). The molecule has 0 spiro atoms. The van der Waals surface area contributed by atoms with Gasteiger partial charge in [0.2, 0.25) is 10.0 Å². The summed E-state index contributed by atoms with van der Waals surface area (Å²) in [5, 5.41) is 2.71. The second kappa shape index (κ2) is 4.95. The minimum atomic E-state index is -3.99. The van der Waals surface area contributed by atoms with Crippen LogP contribution in [0.1, 0.15) is 17.3 Å². The van der Waals surface area contributed by atoms with Crippen LogP contribution < -0.4 is 5.14 Å². The highest BCUT2D eigenvalue weighted by atomic mass is 35.5. The second-order valence-electron chi connectivity index (χ2n) is 3.42. The molecule has 2 unspecified atom stereocenters. The minimum absolute atomic E-state index is 0.286. The number of nitrogens with two attached hydrogens (primary N) is 1. The van der Waals surface area contributed by atoms with Crippen molar-refractivity contribution >= 4 is 27.4 Å². The largest absolute Gasteiger partial charge is 0.293 e. The summed E-state index contributed by atoms with van der Waals surface area (Å²) in [6.45, 7) is 1.43. The molecule has 0 aromatic heterocycles. The number of carbonyl (C=O) groups excluding carboxylic acids is 1. The molecule has 88 valence electrons. The van der Waals surface area contributed by atoms with Gasteiger partial charge < -0.3 is 0 Å². The molecule has 0 amide bonds. The summed E-state index contributed by atoms with van der Waals surface area (Å²) in [6, 6.07) is 8.07. The lowest BCUT2D eigenvalue weighted by Crippen LogP contribution is -2.41. The molecule has 0 aliphatic rings. The highest BCUT2D eigenvalue weighted by molar-refractivity contribution is 7.90. The van der Waals surface area contributed by atoms with E-state index in [0.717, 1.165) is 0 Å². The summed E-state index contributed by atoms with van der Waals surface area (Å²) in [5.41, 5.74) is 0.286. The summed E-state index contributed by atoms with van der Waals surface area (Å²) in [4.78, 5) is 11.9. The zero-order chi connectivity index (χ0) is 12.3. The number of hydrogen-bond donors (Lipinski definition) is 1. The van der Waals surface area contributed by atoms with Crippen molar-refractivity contribution in [2.24, 2.45) is 5.14 Å². The number of primary sulfonamides is 1. The maximum atomic E-state index is 11.9. The van der Waals surface area contributed by atoms with Gasteiger partial charge in [0.15, 0.2) is 11.0 Å². The first-order chi connectivity index (χ1) is 7.34. The van der Waals surface area contributed by atoms with Gasteiger partial charge in [-0.05, 0) is 6.92 Å². The predicted octanol–water partition coefficient (Wildman–Crippen LogP) is 1.15. The number of alkyl halides is 1. The average molecular weight is 262 g/mol. The fraction of sp³-hybridized carbons (Fsp3) is 0.300. The zero-order valence-corrected chi connectivity index (χ0v) is 10.2. The first-order valence-electron chi connectivity index (χ1n) is 4.59.